The van der Waals surface area contributed by atoms with E-state index in [4.69, 9.17) is 4.74 Å². The van der Waals surface area contributed by atoms with E-state index in [-0.39, 0.29) is 0 Å². The van der Waals surface area contributed by atoms with Crippen molar-refractivity contribution in [2.24, 2.45) is 0 Å². The highest BCUT2D eigenvalue weighted by atomic mass is 79.9. The second kappa shape index (κ2) is 3.72. The van der Waals surface area contributed by atoms with Gasteiger partial charge in [0.1, 0.15) is 4.60 Å². The maximum atomic E-state index is 5.20. The van der Waals surface area contributed by atoms with Crippen LogP contribution in [0.5, 0.6) is 5.88 Å². The van der Waals surface area contributed by atoms with Crippen LogP contribution in [0.4, 0.5) is 0 Å². The molecular formula is C8H10BrNO. The molecule has 0 aliphatic carbocycles. The topological polar surface area (TPSA) is 22.1 Å². The summed E-state index contributed by atoms with van der Waals surface area (Å²) in [7, 11) is 0. The fourth-order valence-electron chi connectivity index (χ4n) is 0.716. The first-order valence-corrected chi connectivity index (χ1v) is 4.29. The maximum absolute atomic E-state index is 5.20. The average Bonchev–Trinajstić information content (AvgIpc) is 1.98. The molecule has 0 aliphatic rings. The first-order chi connectivity index (χ1) is 5.24. The summed E-state index contributed by atoms with van der Waals surface area (Å²) in [6, 6.07) is 3.84. The normalized spacial score (nSPS) is 9.73. The molecule has 1 aromatic rings. The van der Waals surface area contributed by atoms with Crippen molar-refractivity contribution in [3.05, 3.63) is 22.3 Å². The third kappa shape index (κ3) is 2.19. The zero-order valence-corrected chi connectivity index (χ0v) is 8.18. The van der Waals surface area contributed by atoms with Crippen molar-refractivity contribution in [1.82, 2.24) is 4.98 Å². The summed E-state index contributed by atoms with van der Waals surface area (Å²) in [5.74, 6) is 0.671. The van der Waals surface area contributed by atoms with Crippen LogP contribution in [0.2, 0.25) is 0 Å². The minimum Gasteiger partial charge on any atom is -0.478 e. The molecule has 0 saturated carbocycles. The highest BCUT2D eigenvalue weighted by Gasteiger charge is 1.97. The fraction of sp³-hybridized carbons (Fsp3) is 0.375. The van der Waals surface area contributed by atoms with Gasteiger partial charge in [-0.1, -0.05) is 6.07 Å². The zero-order chi connectivity index (χ0) is 8.27. The minimum atomic E-state index is 0.655. The van der Waals surface area contributed by atoms with Gasteiger partial charge in [0.2, 0.25) is 5.88 Å². The average molecular weight is 216 g/mol. The van der Waals surface area contributed by atoms with E-state index in [1.165, 1.54) is 0 Å². The first kappa shape index (κ1) is 8.53. The summed E-state index contributed by atoms with van der Waals surface area (Å²) in [6.07, 6.45) is 0. The molecule has 1 aromatic heterocycles. The first-order valence-electron chi connectivity index (χ1n) is 3.50. The highest BCUT2D eigenvalue weighted by molar-refractivity contribution is 9.10. The second-order valence-electron chi connectivity index (χ2n) is 2.19. The smallest absolute Gasteiger partial charge is 0.214 e. The van der Waals surface area contributed by atoms with Crippen LogP contribution in [0.3, 0.4) is 0 Å². The molecule has 60 valence electrons. The van der Waals surface area contributed by atoms with Crippen LogP contribution >= 0.6 is 15.9 Å². The van der Waals surface area contributed by atoms with Crippen molar-refractivity contribution in [2.45, 2.75) is 13.8 Å². The number of nitrogens with zero attached hydrogens (tertiary/aromatic N) is 1. The lowest BCUT2D eigenvalue weighted by molar-refractivity contribution is 0.326. The molecule has 1 rings (SSSR count). The molecule has 0 fully saturated rings. The van der Waals surface area contributed by atoms with Crippen molar-refractivity contribution in [3.63, 3.8) is 0 Å². The predicted octanol–water partition coefficient (Wildman–Crippen LogP) is 2.55. The number of hydrogen-bond acceptors (Lipinski definition) is 2. The number of ether oxygens (including phenoxy) is 1. The van der Waals surface area contributed by atoms with Gasteiger partial charge in [0, 0.05) is 6.07 Å². The Hall–Kier alpha value is -0.570. The summed E-state index contributed by atoms with van der Waals surface area (Å²) in [4.78, 5) is 4.16. The third-order valence-corrected chi connectivity index (χ3v) is 2.10. The number of halogens is 1. The molecule has 2 nitrogen and oxygen atoms in total. The number of rotatable bonds is 2. The SMILES string of the molecule is CCOc1ccc(C)c(Br)n1. The molecule has 0 saturated heterocycles. The molecule has 0 amide bonds. The number of hydrogen-bond donors (Lipinski definition) is 0. The fourth-order valence-corrected chi connectivity index (χ4v) is 1.02. The van der Waals surface area contributed by atoms with Gasteiger partial charge in [0.25, 0.3) is 0 Å². The Bertz CT molecular complexity index is 250. The Morgan fingerprint density at radius 1 is 1.55 bits per heavy atom. The molecule has 0 N–H and O–H groups in total. The molecule has 0 aliphatic heterocycles. The van der Waals surface area contributed by atoms with Gasteiger partial charge in [-0.25, -0.2) is 4.98 Å². The molecule has 11 heavy (non-hydrogen) atoms. The lowest BCUT2D eigenvalue weighted by Crippen LogP contribution is -1.94. The van der Waals surface area contributed by atoms with Crippen LogP contribution in [0, 0.1) is 6.92 Å². The molecule has 0 spiro atoms. The van der Waals surface area contributed by atoms with Gasteiger partial charge >= 0.3 is 0 Å². The minimum absolute atomic E-state index is 0.655. The molecule has 0 aromatic carbocycles. The van der Waals surface area contributed by atoms with Gasteiger partial charge in [-0.2, -0.15) is 0 Å². The summed E-state index contributed by atoms with van der Waals surface area (Å²) in [5, 5.41) is 0. The highest BCUT2D eigenvalue weighted by Crippen LogP contribution is 2.16. The molecular weight excluding hydrogens is 206 g/mol. The van der Waals surface area contributed by atoms with E-state index in [0.717, 1.165) is 10.2 Å². The molecule has 0 unspecified atom stereocenters. The van der Waals surface area contributed by atoms with Crippen LogP contribution in [-0.2, 0) is 0 Å². The van der Waals surface area contributed by atoms with Gasteiger partial charge in [0.05, 0.1) is 6.61 Å². The summed E-state index contributed by atoms with van der Waals surface area (Å²) >= 11 is 3.32. The number of pyridine rings is 1. The molecule has 0 radical (unpaired) electrons. The van der Waals surface area contributed by atoms with Gasteiger partial charge in [0.15, 0.2) is 0 Å². The van der Waals surface area contributed by atoms with E-state index in [1.54, 1.807) is 0 Å². The largest absolute Gasteiger partial charge is 0.478 e. The lowest BCUT2D eigenvalue weighted by Gasteiger charge is -2.02. The zero-order valence-electron chi connectivity index (χ0n) is 6.60. The standard InChI is InChI=1S/C8H10BrNO/c1-3-11-7-5-4-6(2)8(9)10-7/h4-5H,3H2,1-2H3. The molecule has 3 heteroatoms. The van der Waals surface area contributed by atoms with Gasteiger partial charge in [-0.05, 0) is 35.3 Å². The molecule has 1 heterocycles. The number of aromatic nitrogens is 1. The van der Waals surface area contributed by atoms with E-state index in [1.807, 2.05) is 26.0 Å². The molecule has 0 bridgehead atoms. The summed E-state index contributed by atoms with van der Waals surface area (Å²) in [5.41, 5.74) is 1.12. The second-order valence-corrected chi connectivity index (χ2v) is 2.94. The monoisotopic (exact) mass is 215 g/mol. The van der Waals surface area contributed by atoms with Crippen LogP contribution in [0.15, 0.2) is 16.7 Å². The Balaban J connectivity index is 2.86. The Morgan fingerprint density at radius 3 is 2.82 bits per heavy atom. The van der Waals surface area contributed by atoms with E-state index in [0.29, 0.717) is 12.5 Å². The van der Waals surface area contributed by atoms with E-state index < -0.39 is 0 Å². The maximum Gasteiger partial charge on any atom is 0.214 e. The van der Waals surface area contributed by atoms with Gasteiger partial charge < -0.3 is 4.74 Å². The quantitative estimate of drug-likeness (QED) is 0.708. The Morgan fingerprint density at radius 2 is 2.27 bits per heavy atom. The third-order valence-electron chi connectivity index (χ3n) is 1.30. The summed E-state index contributed by atoms with van der Waals surface area (Å²) < 4.78 is 6.05. The Labute approximate surface area is 74.7 Å². The van der Waals surface area contributed by atoms with E-state index in [9.17, 15) is 0 Å². The van der Waals surface area contributed by atoms with Gasteiger partial charge in [-0.3, -0.25) is 0 Å². The molecule has 0 atom stereocenters. The van der Waals surface area contributed by atoms with Crippen LogP contribution in [-0.4, -0.2) is 11.6 Å². The van der Waals surface area contributed by atoms with Crippen molar-refractivity contribution < 1.29 is 4.74 Å². The van der Waals surface area contributed by atoms with Crippen molar-refractivity contribution >= 4 is 15.9 Å². The van der Waals surface area contributed by atoms with E-state index in [2.05, 4.69) is 20.9 Å². The van der Waals surface area contributed by atoms with Crippen LogP contribution in [0.25, 0.3) is 0 Å². The predicted molar refractivity (Wildman–Crippen MR) is 47.8 cm³/mol. The van der Waals surface area contributed by atoms with Gasteiger partial charge in [-0.15, -0.1) is 0 Å². The van der Waals surface area contributed by atoms with Crippen molar-refractivity contribution in [2.75, 3.05) is 6.61 Å². The van der Waals surface area contributed by atoms with E-state index >= 15 is 0 Å². The van der Waals surface area contributed by atoms with Crippen molar-refractivity contribution in [3.8, 4) is 5.88 Å². The Kier molecular flexibility index (Phi) is 2.88. The van der Waals surface area contributed by atoms with Crippen LogP contribution in [0.1, 0.15) is 12.5 Å². The van der Waals surface area contributed by atoms with Crippen LogP contribution < -0.4 is 4.74 Å². The lowest BCUT2D eigenvalue weighted by atomic mass is 10.3. The number of aryl methyl sites for hydroxylation is 1. The van der Waals surface area contributed by atoms with Crippen molar-refractivity contribution in [1.29, 1.82) is 0 Å². The summed E-state index contributed by atoms with van der Waals surface area (Å²) in [6.45, 7) is 4.59.